The van der Waals surface area contributed by atoms with Crippen molar-refractivity contribution in [3.8, 4) is 0 Å². The van der Waals surface area contributed by atoms with Gasteiger partial charge in [-0.05, 0) is 31.4 Å². The number of pyridine rings is 1. The van der Waals surface area contributed by atoms with E-state index in [0.29, 0.717) is 12.6 Å². The molecular formula is C22H25F6N3O7. The Kier molecular flexibility index (Phi) is 11.0. The van der Waals surface area contributed by atoms with Gasteiger partial charge in [-0.2, -0.15) is 26.3 Å². The number of aromatic nitrogens is 2. The van der Waals surface area contributed by atoms with Crippen LogP contribution in [0.25, 0.3) is 0 Å². The molecule has 1 saturated carbocycles. The smallest absolute Gasteiger partial charge is 0.475 e. The molecule has 2 N–H and O–H groups in total. The monoisotopic (exact) mass is 557 g/mol. The van der Waals surface area contributed by atoms with E-state index >= 15 is 0 Å². The summed E-state index contributed by atoms with van der Waals surface area (Å²) < 4.78 is 81.0. The Labute approximate surface area is 212 Å². The molecular weight excluding hydrogens is 532 g/mol. The van der Waals surface area contributed by atoms with Crippen LogP contribution in [0.2, 0.25) is 0 Å². The topological polar surface area (TPSA) is 135 Å². The molecule has 16 heteroatoms. The average molecular weight is 557 g/mol. The quantitative estimate of drug-likeness (QED) is 0.525. The maximum absolute atomic E-state index is 10.6. The number of hydrogen-bond acceptors (Lipinski definition) is 8. The lowest BCUT2D eigenvalue weighted by atomic mass is 10.1. The summed E-state index contributed by atoms with van der Waals surface area (Å²) in [6.07, 6.45) is -4.09. The summed E-state index contributed by atoms with van der Waals surface area (Å²) in [6, 6.07) is 6.36. The maximum atomic E-state index is 10.6. The molecule has 3 heterocycles. The van der Waals surface area contributed by atoms with Crippen LogP contribution in [0.4, 0.5) is 26.3 Å². The Morgan fingerprint density at radius 2 is 1.76 bits per heavy atom. The maximum Gasteiger partial charge on any atom is 0.490 e. The zero-order valence-electron chi connectivity index (χ0n) is 19.9. The highest BCUT2D eigenvalue weighted by molar-refractivity contribution is 5.73. The minimum atomic E-state index is -5.08. The molecule has 212 valence electrons. The molecule has 2 aromatic rings. The van der Waals surface area contributed by atoms with E-state index in [-0.39, 0.29) is 12.2 Å². The molecule has 4 rings (SSSR count). The van der Waals surface area contributed by atoms with Crippen molar-refractivity contribution >= 4 is 11.9 Å². The lowest BCUT2D eigenvalue weighted by molar-refractivity contribution is -0.193. The van der Waals surface area contributed by atoms with E-state index in [4.69, 9.17) is 33.8 Å². The number of carboxylic acid groups (broad SMARTS) is 2. The van der Waals surface area contributed by atoms with Crippen LogP contribution < -0.4 is 0 Å². The van der Waals surface area contributed by atoms with E-state index in [1.54, 1.807) is 6.20 Å². The molecule has 2 aliphatic rings. The lowest BCUT2D eigenvalue weighted by Crippen LogP contribution is -2.42. The van der Waals surface area contributed by atoms with Crippen molar-refractivity contribution in [1.82, 2.24) is 15.0 Å². The van der Waals surface area contributed by atoms with Crippen molar-refractivity contribution in [2.45, 2.75) is 63.5 Å². The van der Waals surface area contributed by atoms with Crippen molar-refractivity contribution in [3.63, 3.8) is 0 Å². The fourth-order valence-electron chi connectivity index (χ4n) is 3.76. The third-order valence-electron chi connectivity index (χ3n) is 5.36. The molecule has 1 aliphatic heterocycles. The van der Waals surface area contributed by atoms with Crippen molar-refractivity contribution in [1.29, 1.82) is 0 Å². The van der Waals surface area contributed by atoms with Crippen LogP contribution in [0, 0.1) is 6.92 Å². The van der Waals surface area contributed by atoms with Gasteiger partial charge in [0.2, 0.25) is 0 Å². The van der Waals surface area contributed by atoms with Crippen molar-refractivity contribution in [2.24, 2.45) is 0 Å². The van der Waals surface area contributed by atoms with Gasteiger partial charge in [-0.25, -0.2) is 9.59 Å². The number of carbonyl (C=O) groups is 2. The number of hydrogen-bond donors (Lipinski definition) is 2. The largest absolute Gasteiger partial charge is 0.490 e. The summed E-state index contributed by atoms with van der Waals surface area (Å²) in [5.74, 6) is -4.66. The third kappa shape index (κ3) is 9.90. The number of halogens is 6. The van der Waals surface area contributed by atoms with Gasteiger partial charge < -0.3 is 24.2 Å². The van der Waals surface area contributed by atoms with Crippen LogP contribution in [0.3, 0.4) is 0 Å². The Morgan fingerprint density at radius 1 is 1.13 bits per heavy atom. The highest BCUT2D eigenvalue weighted by Crippen LogP contribution is 2.33. The first-order valence-corrected chi connectivity index (χ1v) is 11.1. The van der Waals surface area contributed by atoms with Crippen LogP contribution >= 0.6 is 0 Å². The van der Waals surface area contributed by atoms with Gasteiger partial charge >= 0.3 is 24.3 Å². The number of nitrogens with zero attached hydrogens (tertiary/aromatic N) is 3. The molecule has 2 aromatic heterocycles. The van der Waals surface area contributed by atoms with E-state index in [1.807, 2.05) is 31.3 Å². The number of alkyl halides is 6. The molecule has 0 amide bonds. The zero-order chi connectivity index (χ0) is 28.5. The second-order valence-corrected chi connectivity index (χ2v) is 8.20. The Bertz CT molecular complexity index is 1010. The third-order valence-corrected chi connectivity index (χ3v) is 5.36. The van der Waals surface area contributed by atoms with E-state index < -0.39 is 24.3 Å². The summed E-state index contributed by atoms with van der Waals surface area (Å²) in [5, 5.41) is 18.4. The zero-order valence-corrected chi connectivity index (χ0v) is 19.9. The minimum absolute atomic E-state index is 0.0979. The summed E-state index contributed by atoms with van der Waals surface area (Å²) in [4.78, 5) is 24.4. The van der Waals surface area contributed by atoms with Gasteiger partial charge in [0, 0.05) is 37.6 Å². The van der Waals surface area contributed by atoms with Gasteiger partial charge in [0.05, 0.1) is 31.1 Å². The Hall–Kier alpha value is -3.24. The predicted octanol–water partition coefficient (Wildman–Crippen LogP) is 3.59. The molecule has 1 aliphatic carbocycles. The summed E-state index contributed by atoms with van der Waals surface area (Å²) in [6.45, 7) is 4.93. The van der Waals surface area contributed by atoms with Crippen LogP contribution in [-0.2, 0) is 32.2 Å². The van der Waals surface area contributed by atoms with Crippen molar-refractivity contribution in [3.05, 3.63) is 47.6 Å². The molecule has 0 radical (unpaired) electrons. The molecule has 0 spiro atoms. The molecule has 0 aromatic carbocycles. The van der Waals surface area contributed by atoms with Gasteiger partial charge in [0.25, 0.3) is 0 Å². The van der Waals surface area contributed by atoms with Crippen LogP contribution in [-0.4, -0.2) is 80.9 Å². The van der Waals surface area contributed by atoms with E-state index in [2.05, 4.69) is 15.0 Å². The van der Waals surface area contributed by atoms with Gasteiger partial charge in [-0.3, -0.25) is 9.88 Å². The van der Waals surface area contributed by atoms with E-state index in [9.17, 15) is 26.3 Å². The fraction of sp³-hybridized carbons (Fsp3) is 0.545. The minimum Gasteiger partial charge on any atom is -0.475 e. The number of carboxylic acids is 2. The number of ether oxygens (including phenoxy) is 2. The van der Waals surface area contributed by atoms with Crippen molar-refractivity contribution < 1.29 is 60.1 Å². The standard InChI is InChI=1S/C18H23N3O3.2C2HF3O2/c1-13-9-15(20-24-13)11-21-7-8-22-17-5-4-16(21)18(17)23-12-14-3-2-6-19-10-14;2*3-2(4,5)1(6)7/h2-3,6,9-10,16-18H,4-5,7-8,11-12H2,1H3;2*(H,6,7). The first-order chi connectivity index (χ1) is 17.7. The SMILES string of the molecule is Cc1cc(CN2CCOC3CCC2C3OCc2cccnc2)no1.O=C(O)C(F)(F)F.O=C(O)C(F)(F)F. The normalized spacial score (nSPS) is 21.4. The summed E-state index contributed by atoms with van der Waals surface area (Å²) in [5.41, 5.74) is 2.07. The van der Waals surface area contributed by atoms with E-state index in [1.165, 1.54) is 0 Å². The Morgan fingerprint density at radius 3 is 2.26 bits per heavy atom. The number of aryl methyl sites for hydroxylation is 1. The lowest BCUT2D eigenvalue weighted by Gasteiger charge is -2.30. The summed E-state index contributed by atoms with van der Waals surface area (Å²) in [7, 11) is 0. The van der Waals surface area contributed by atoms with E-state index in [0.717, 1.165) is 49.6 Å². The predicted molar refractivity (Wildman–Crippen MR) is 115 cm³/mol. The number of rotatable bonds is 5. The fourth-order valence-corrected chi connectivity index (χ4v) is 3.76. The molecule has 1 saturated heterocycles. The van der Waals surface area contributed by atoms with Gasteiger partial charge in [-0.1, -0.05) is 11.2 Å². The van der Waals surface area contributed by atoms with Crippen LogP contribution in [0.15, 0.2) is 35.1 Å². The van der Waals surface area contributed by atoms with Crippen molar-refractivity contribution in [2.75, 3.05) is 13.2 Å². The second kappa shape index (κ2) is 13.5. The number of aliphatic carboxylic acids is 2. The van der Waals surface area contributed by atoms with Crippen LogP contribution in [0.5, 0.6) is 0 Å². The highest BCUT2D eigenvalue weighted by atomic mass is 19.4. The second-order valence-electron chi connectivity index (χ2n) is 8.20. The van der Waals surface area contributed by atoms with Gasteiger partial charge in [0.1, 0.15) is 5.76 Å². The molecule has 2 bridgehead atoms. The molecule has 2 fully saturated rings. The Balaban J connectivity index is 0.000000301. The van der Waals surface area contributed by atoms with Gasteiger partial charge in [0.15, 0.2) is 0 Å². The van der Waals surface area contributed by atoms with Gasteiger partial charge in [-0.15, -0.1) is 0 Å². The highest BCUT2D eigenvalue weighted by Gasteiger charge is 2.43. The first kappa shape index (κ1) is 31.0. The molecule has 3 unspecified atom stereocenters. The van der Waals surface area contributed by atoms with Crippen LogP contribution in [0.1, 0.15) is 29.9 Å². The average Bonchev–Trinajstić information content (AvgIpc) is 3.37. The summed E-state index contributed by atoms with van der Waals surface area (Å²) >= 11 is 0. The molecule has 10 nitrogen and oxygen atoms in total. The first-order valence-electron chi connectivity index (χ1n) is 11.1. The molecule has 38 heavy (non-hydrogen) atoms. The molecule has 3 atom stereocenters. The number of fused-ring (bicyclic) bond motifs is 2.